The number of aryl methyl sites for hydroxylation is 2. The summed E-state index contributed by atoms with van der Waals surface area (Å²) in [4.78, 5) is 8.73. The van der Waals surface area contributed by atoms with E-state index in [1.807, 2.05) is 33.9 Å². The summed E-state index contributed by atoms with van der Waals surface area (Å²) in [6.07, 6.45) is 3.01. The highest BCUT2D eigenvalue weighted by molar-refractivity contribution is 5.14. The molecule has 0 saturated heterocycles. The highest BCUT2D eigenvalue weighted by Crippen LogP contribution is 2.14. The van der Waals surface area contributed by atoms with E-state index in [4.69, 9.17) is 0 Å². The van der Waals surface area contributed by atoms with E-state index >= 15 is 0 Å². The van der Waals surface area contributed by atoms with E-state index in [1.165, 1.54) is 5.56 Å². The van der Waals surface area contributed by atoms with Gasteiger partial charge in [0.15, 0.2) is 0 Å². The number of nitrogens with zero attached hydrogens (tertiary/aromatic N) is 2. The molecule has 14 heavy (non-hydrogen) atoms. The first-order chi connectivity index (χ1) is 6.65. The van der Waals surface area contributed by atoms with Crippen molar-refractivity contribution in [3.05, 3.63) is 23.3 Å². The lowest BCUT2D eigenvalue weighted by Crippen LogP contribution is -2.02. The normalized spacial score (nSPS) is 11.6. The Morgan fingerprint density at radius 3 is 2.29 bits per heavy atom. The van der Waals surface area contributed by atoms with Crippen LogP contribution in [0, 0.1) is 13.8 Å². The number of aromatic nitrogens is 2. The van der Waals surface area contributed by atoms with E-state index in [1.54, 1.807) is 0 Å². The first kappa shape index (κ1) is 13.1. The molecular formula is C12H22N2. The Morgan fingerprint density at radius 1 is 1.29 bits per heavy atom. The van der Waals surface area contributed by atoms with Gasteiger partial charge in [-0.3, -0.25) is 0 Å². The van der Waals surface area contributed by atoms with Gasteiger partial charge in [-0.05, 0) is 25.8 Å². The highest BCUT2D eigenvalue weighted by Gasteiger charge is 2.06. The van der Waals surface area contributed by atoms with E-state index in [2.05, 4.69) is 23.8 Å². The fourth-order valence-electron chi connectivity index (χ4n) is 0.965. The molecule has 1 heterocycles. The predicted molar refractivity (Wildman–Crippen MR) is 61.6 cm³/mol. The smallest absolute Gasteiger partial charge is 0.131 e. The van der Waals surface area contributed by atoms with Gasteiger partial charge in [0.1, 0.15) is 5.82 Å². The lowest BCUT2D eigenvalue weighted by atomic mass is 10.1. The second-order valence-corrected chi connectivity index (χ2v) is 3.31. The topological polar surface area (TPSA) is 25.8 Å². The maximum absolute atomic E-state index is 4.43. The molecule has 2 heteroatoms. The minimum absolute atomic E-state index is 0.476. The Labute approximate surface area is 87.8 Å². The quantitative estimate of drug-likeness (QED) is 0.718. The molecule has 1 atom stereocenters. The van der Waals surface area contributed by atoms with Crippen LogP contribution in [-0.2, 0) is 0 Å². The first-order valence-corrected chi connectivity index (χ1v) is 5.45. The maximum Gasteiger partial charge on any atom is 0.131 e. The van der Waals surface area contributed by atoms with Gasteiger partial charge in [-0.25, -0.2) is 9.97 Å². The lowest BCUT2D eigenvalue weighted by molar-refractivity contribution is 0.672. The average molecular weight is 194 g/mol. The van der Waals surface area contributed by atoms with Crippen molar-refractivity contribution in [1.82, 2.24) is 9.97 Å². The van der Waals surface area contributed by atoms with E-state index in [0.717, 1.165) is 17.9 Å². The summed E-state index contributed by atoms with van der Waals surface area (Å²) in [5.74, 6) is 1.45. The molecule has 0 saturated carbocycles. The van der Waals surface area contributed by atoms with Crippen molar-refractivity contribution in [3.63, 3.8) is 0 Å². The van der Waals surface area contributed by atoms with Gasteiger partial charge in [-0.1, -0.05) is 27.7 Å². The summed E-state index contributed by atoms with van der Waals surface area (Å²) in [6, 6.07) is 0. The van der Waals surface area contributed by atoms with E-state index in [9.17, 15) is 0 Å². The minimum Gasteiger partial charge on any atom is -0.241 e. The van der Waals surface area contributed by atoms with Crippen LogP contribution in [0.1, 0.15) is 57.1 Å². The van der Waals surface area contributed by atoms with Crippen molar-refractivity contribution in [3.8, 4) is 0 Å². The molecule has 0 aliphatic heterocycles. The third-order valence-electron chi connectivity index (χ3n) is 2.30. The second-order valence-electron chi connectivity index (χ2n) is 3.31. The summed E-state index contributed by atoms with van der Waals surface area (Å²) in [7, 11) is 0. The molecule has 1 aromatic heterocycles. The van der Waals surface area contributed by atoms with E-state index in [-0.39, 0.29) is 0 Å². The van der Waals surface area contributed by atoms with Crippen molar-refractivity contribution in [1.29, 1.82) is 0 Å². The zero-order valence-electron chi connectivity index (χ0n) is 10.3. The summed E-state index contributed by atoms with van der Waals surface area (Å²) in [5.41, 5.74) is 2.27. The second kappa shape index (κ2) is 6.52. The van der Waals surface area contributed by atoms with Crippen LogP contribution in [-0.4, -0.2) is 9.97 Å². The Bertz CT molecular complexity index is 269. The third kappa shape index (κ3) is 3.44. The largest absolute Gasteiger partial charge is 0.241 e. The molecule has 1 unspecified atom stereocenters. The van der Waals surface area contributed by atoms with E-state index < -0.39 is 0 Å². The molecule has 0 aliphatic rings. The SMILES string of the molecule is CC.CCC(C)c1ncc(C)c(C)n1. The molecule has 1 rings (SSSR count). The summed E-state index contributed by atoms with van der Waals surface area (Å²) >= 11 is 0. The molecule has 0 spiro atoms. The minimum atomic E-state index is 0.476. The van der Waals surface area contributed by atoms with Crippen molar-refractivity contribution >= 4 is 0 Å². The van der Waals surface area contributed by atoms with Crippen molar-refractivity contribution in [2.75, 3.05) is 0 Å². The Balaban J connectivity index is 0.000000791. The van der Waals surface area contributed by atoms with Gasteiger partial charge < -0.3 is 0 Å². The fourth-order valence-corrected chi connectivity index (χ4v) is 0.965. The third-order valence-corrected chi connectivity index (χ3v) is 2.30. The highest BCUT2D eigenvalue weighted by atomic mass is 14.9. The fraction of sp³-hybridized carbons (Fsp3) is 0.667. The van der Waals surface area contributed by atoms with Crippen LogP contribution in [0.4, 0.5) is 0 Å². The number of rotatable bonds is 2. The van der Waals surface area contributed by atoms with Crippen LogP contribution in [0.5, 0.6) is 0 Å². The molecule has 0 bridgehead atoms. The van der Waals surface area contributed by atoms with Gasteiger partial charge in [-0.15, -0.1) is 0 Å². The van der Waals surface area contributed by atoms with Gasteiger partial charge in [0.05, 0.1) is 0 Å². The van der Waals surface area contributed by atoms with Gasteiger partial charge in [0.25, 0.3) is 0 Å². The summed E-state index contributed by atoms with van der Waals surface area (Å²) in [5, 5.41) is 0. The average Bonchev–Trinajstić information content (AvgIpc) is 2.24. The van der Waals surface area contributed by atoms with Gasteiger partial charge >= 0.3 is 0 Å². The van der Waals surface area contributed by atoms with Crippen LogP contribution < -0.4 is 0 Å². The molecule has 0 fully saturated rings. The Morgan fingerprint density at radius 2 is 1.86 bits per heavy atom. The molecular weight excluding hydrogens is 172 g/mol. The molecule has 1 aromatic rings. The van der Waals surface area contributed by atoms with Crippen LogP contribution in [0.2, 0.25) is 0 Å². The van der Waals surface area contributed by atoms with Gasteiger partial charge in [-0.2, -0.15) is 0 Å². The summed E-state index contributed by atoms with van der Waals surface area (Å²) < 4.78 is 0. The first-order valence-electron chi connectivity index (χ1n) is 5.45. The van der Waals surface area contributed by atoms with Gasteiger partial charge in [0, 0.05) is 17.8 Å². The zero-order valence-corrected chi connectivity index (χ0v) is 10.3. The molecule has 0 aliphatic carbocycles. The monoisotopic (exact) mass is 194 g/mol. The van der Waals surface area contributed by atoms with Crippen LogP contribution in [0.3, 0.4) is 0 Å². The Kier molecular flexibility index (Phi) is 6.09. The van der Waals surface area contributed by atoms with Crippen LogP contribution in [0.25, 0.3) is 0 Å². The molecule has 0 amide bonds. The van der Waals surface area contributed by atoms with Crippen molar-refractivity contribution in [2.45, 2.75) is 53.9 Å². The molecule has 0 aromatic carbocycles. The predicted octanol–water partition coefficient (Wildman–Crippen LogP) is 3.63. The number of hydrogen-bond acceptors (Lipinski definition) is 2. The molecule has 0 N–H and O–H groups in total. The summed E-state index contributed by atoms with van der Waals surface area (Å²) in [6.45, 7) is 12.4. The lowest BCUT2D eigenvalue weighted by Gasteiger charge is -2.07. The van der Waals surface area contributed by atoms with Crippen LogP contribution in [0.15, 0.2) is 6.20 Å². The standard InChI is InChI=1S/C10H16N2.C2H6/c1-5-7(2)10-11-6-8(3)9(4)12-10;1-2/h6-7H,5H2,1-4H3;1-2H3. The molecule has 80 valence electrons. The molecule has 0 radical (unpaired) electrons. The Hall–Kier alpha value is -0.920. The van der Waals surface area contributed by atoms with Gasteiger partial charge in [0.2, 0.25) is 0 Å². The van der Waals surface area contributed by atoms with Crippen molar-refractivity contribution < 1.29 is 0 Å². The van der Waals surface area contributed by atoms with E-state index in [0.29, 0.717) is 5.92 Å². The number of hydrogen-bond donors (Lipinski definition) is 0. The zero-order chi connectivity index (χ0) is 11.1. The van der Waals surface area contributed by atoms with Crippen molar-refractivity contribution in [2.24, 2.45) is 0 Å². The molecule has 2 nitrogen and oxygen atoms in total. The van der Waals surface area contributed by atoms with Crippen LogP contribution >= 0.6 is 0 Å². The maximum atomic E-state index is 4.43.